The van der Waals surface area contributed by atoms with E-state index in [1.807, 2.05) is 12.1 Å². The Kier molecular flexibility index (Phi) is 2.99. The van der Waals surface area contributed by atoms with E-state index in [2.05, 4.69) is 10.3 Å². The molecular weight excluding hydrogens is 252 g/mol. The van der Waals surface area contributed by atoms with E-state index < -0.39 is 0 Å². The predicted octanol–water partition coefficient (Wildman–Crippen LogP) is 2.58. The summed E-state index contributed by atoms with van der Waals surface area (Å²) >= 11 is 0. The molecule has 1 aromatic rings. The van der Waals surface area contributed by atoms with Crippen LogP contribution in [0.4, 0.5) is 5.82 Å². The summed E-state index contributed by atoms with van der Waals surface area (Å²) in [5.74, 6) is 1.86. The number of aromatic nitrogens is 1. The Bertz CT molecular complexity index is 543. The number of fused-ring (bicyclic) bond motifs is 3. The highest BCUT2D eigenvalue weighted by atomic mass is 16.5. The van der Waals surface area contributed by atoms with E-state index in [0.29, 0.717) is 18.6 Å². The maximum Gasteiger partial charge on any atom is 0.165 e. The second kappa shape index (κ2) is 4.85. The molecule has 0 aromatic carbocycles. The van der Waals surface area contributed by atoms with Crippen molar-refractivity contribution in [1.82, 2.24) is 4.98 Å². The zero-order chi connectivity index (χ0) is 13.5. The number of nitrogens with one attached hydrogen (secondary N) is 1. The number of anilines is 1. The van der Waals surface area contributed by atoms with E-state index in [0.717, 1.165) is 42.4 Å². The number of ketones is 1. The summed E-state index contributed by atoms with van der Waals surface area (Å²) in [5, 5.41) is 3.40. The van der Waals surface area contributed by atoms with E-state index in [-0.39, 0.29) is 5.78 Å². The number of carbonyl (C=O) groups excluding carboxylic acids is 1. The first-order chi connectivity index (χ1) is 9.79. The molecule has 3 heterocycles. The van der Waals surface area contributed by atoms with Crippen molar-refractivity contribution in [3.63, 3.8) is 0 Å². The molecular formula is C16H20N2O2. The number of hydrogen-bond acceptors (Lipinski definition) is 4. The summed E-state index contributed by atoms with van der Waals surface area (Å²) in [7, 11) is 0. The van der Waals surface area contributed by atoms with Crippen molar-refractivity contribution in [2.45, 2.75) is 50.7 Å². The highest BCUT2D eigenvalue weighted by Crippen LogP contribution is 2.40. The van der Waals surface area contributed by atoms with E-state index in [1.165, 1.54) is 19.3 Å². The van der Waals surface area contributed by atoms with E-state index in [1.54, 1.807) is 0 Å². The van der Waals surface area contributed by atoms with Crippen molar-refractivity contribution in [2.24, 2.45) is 5.92 Å². The van der Waals surface area contributed by atoms with Crippen LogP contribution < -0.4 is 5.32 Å². The van der Waals surface area contributed by atoms with Crippen LogP contribution >= 0.6 is 0 Å². The number of rotatable bonds is 4. The number of pyridine rings is 1. The lowest BCUT2D eigenvalue weighted by atomic mass is 9.87. The molecule has 1 aliphatic carbocycles. The molecule has 0 radical (unpaired) electrons. The minimum absolute atomic E-state index is 0.234. The molecule has 0 spiro atoms. The highest BCUT2D eigenvalue weighted by molar-refractivity contribution is 6.00. The first-order valence-electron chi connectivity index (χ1n) is 7.72. The van der Waals surface area contributed by atoms with E-state index in [4.69, 9.17) is 4.74 Å². The monoisotopic (exact) mass is 272 g/mol. The van der Waals surface area contributed by atoms with Gasteiger partial charge in [0.05, 0.1) is 17.9 Å². The van der Waals surface area contributed by atoms with Gasteiger partial charge in [0.2, 0.25) is 0 Å². The summed E-state index contributed by atoms with van der Waals surface area (Å²) < 4.78 is 5.88. The lowest BCUT2D eigenvalue weighted by Crippen LogP contribution is -2.19. The first-order valence-corrected chi connectivity index (χ1v) is 7.72. The van der Waals surface area contributed by atoms with Gasteiger partial charge in [0.1, 0.15) is 5.82 Å². The standard InChI is InChI=1S/C16H20N2O2/c19-14-4-3-13-12(14)2-6-16(18-13)17-8-7-10-9-11-1-5-15(10)20-11/h2,6,10-11,15H,1,3-5,7-9H2,(H,17,18). The summed E-state index contributed by atoms with van der Waals surface area (Å²) in [4.78, 5) is 16.1. The van der Waals surface area contributed by atoms with Crippen molar-refractivity contribution < 1.29 is 9.53 Å². The molecule has 20 heavy (non-hydrogen) atoms. The number of aryl methyl sites for hydroxylation is 1. The minimum Gasteiger partial charge on any atom is -0.375 e. The molecule has 4 nitrogen and oxygen atoms in total. The number of ether oxygens (including phenoxy) is 1. The Labute approximate surface area is 118 Å². The fourth-order valence-corrected chi connectivity index (χ4v) is 3.84. The molecule has 2 aliphatic heterocycles. The van der Waals surface area contributed by atoms with Gasteiger partial charge in [0.15, 0.2) is 5.78 Å². The van der Waals surface area contributed by atoms with Gasteiger partial charge in [-0.15, -0.1) is 0 Å². The zero-order valence-corrected chi connectivity index (χ0v) is 11.6. The van der Waals surface area contributed by atoms with Crippen LogP contribution in [0.5, 0.6) is 0 Å². The molecule has 1 aromatic heterocycles. The third kappa shape index (κ3) is 2.12. The summed E-state index contributed by atoms with van der Waals surface area (Å²) in [5.41, 5.74) is 1.78. The van der Waals surface area contributed by atoms with Crippen LogP contribution in [0, 0.1) is 5.92 Å². The number of nitrogens with zero attached hydrogens (tertiary/aromatic N) is 1. The van der Waals surface area contributed by atoms with Crippen LogP contribution in [-0.2, 0) is 11.2 Å². The largest absolute Gasteiger partial charge is 0.375 e. The molecule has 0 amide bonds. The second-order valence-electron chi connectivity index (χ2n) is 6.20. The van der Waals surface area contributed by atoms with Gasteiger partial charge in [0.25, 0.3) is 0 Å². The van der Waals surface area contributed by atoms with Crippen LogP contribution in [0.25, 0.3) is 0 Å². The molecule has 3 aliphatic rings. The summed E-state index contributed by atoms with van der Waals surface area (Å²) in [6, 6.07) is 3.85. The van der Waals surface area contributed by atoms with Crippen molar-refractivity contribution in [3.05, 3.63) is 23.4 Å². The van der Waals surface area contributed by atoms with Crippen LogP contribution in [-0.4, -0.2) is 29.5 Å². The Morgan fingerprint density at radius 3 is 3.05 bits per heavy atom. The summed E-state index contributed by atoms with van der Waals surface area (Å²) in [6.07, 6.45) is 7.35. The number of hydrogen-bond donors (Lipinski definition) is 1. The molecule has 3 unspecified atom stereocenters. The van der Waals surface area contributed by atoms with Crippen LogP contribution in [0.1, 0.15) is 48.2 Å². The molecule has 3 atom stereocenters. The van der Waals surface area contributed by atoms with Gasteiger partial charge in [-0.1, -0.05) is 0 Å². The molecule has 2 fully saturated rings. The van der Waals surface area contributed by atoms with E-state index >= 15 is 0 Å². The van der Waals surface area contributed by atoms with Gasteiger partial charge in [-0.05, 0) is 50.2 Å². The van der Waals surface area contributed by atoms with Crippen LogP contribution in [0.3, 0.4) is 0 Å². The molecule has 106 valence electrons. The fraction of sp³-hybridized carbons (Fsp3) is 0.625. The Balaban J connectivity index is 1.33. The third-order valence-corrected chi connectivity index (χ3v) is 4.92. The van der Waals surface area contributed by atoms with Gasteiger partial charge in [-0.2, -0.15) is 0 Å². The van der Waals surface area contributed by atoms with Crippen molar-refractivity contribution in [2.75, 3.05) is 11.9 Å². The molecule has 1 N–H and O–H groups in total. The molecule has 0 saturated carbocycles. The highest BCUT2D eigenvalue weighted by Gasteiger charge is 2.40. The molecule has 2 saturated heterocycles. The first kappa shape index (κ1) is 12.3. The van der Waals surface area contributed by atoms with Gasteiger partial charge in [-0.3, -0.25) is 4.79 Å². The molecule has 2 bridgehead atoms. The van der Waals surface area contributed by atoms with Gasteiger partial charge in [-0.25, -0.2) is 4.98 Å². The Hall–Kier alpha value is -1.42. The minimum atomic E-state index is 0.234. The maximum absolute atomic E-state index is 11.6. The lowest BCUT2D eigenvalue weighted by Gasteiger charge is -2.18. The smallest absolute Gasteiger partial charge is 0.165 e. The van der Waals surface area contributed by atoms with Crippen molar-refractivity contribution >= 4 is 11.6 Å². The second-order valence-corrected chi connectivity index (χ2v) is 6.20. The maximum atomic E-state index is 11.6. The van der Waals surface area contributed by atoms with Gasteiger partial charge in [0, 0.05) is 18.5 Å². The Morgan fingerprint density at radius 2 is 2.25 bits per heavy atom. The fourth-order valence-electron chi connectivity index (χ4n) is 3.84. The number of Topliss-reactive ketones (excluding diaryl/α,β-unsaturated/α-hetero) is 1. The SMILES string of the molecule is O=C1CCc2nc(NCCC3CC4CCC3O4)ccc21. The zero-order valence-electron chi connectivity index (χ0n) is 11.6. The quantitative estimate of drug-likeness (QED) is 0.915. The Morgan fingerprint density at radius 1 is 1.30 bits per heavy atom. The topological polar surface area (TPSA) is 51.2 Å². The summed E-state index contributed by atoms with van der Waals surface area (Å²) in [6.45, 7) is 0.941. The van der Waals surface area contributed by atoms with Gasteiger partial charge < -0.3 is 10.1 Å². The van der Waals surface area contributed by atoms with Gasteiger partial charge >= 0.3 is 0 Å². The van der Waals surface area contributed by atoms with Crippen LogP contribution in [0.2, 0.25) is 0 Å². The normalized spacial score (nSPS) is 30.8. The lowest BCUT2D eigenvalue weighted by molar-refractivity contribution is 0.0918. The van der Waals surface area contributed by atoms with Crippen molar-refractivity contribution in [1.29, 1.82) is 0 Å². The third-order valence-electron chi connectivity index (χ3n) is 4.92. The number of carbonyl (C=O) groups is 1. The van der Waals surface area contributed by atoms with Crippen molar-refractivity contribution in [3.8, 4) is 0 Å². The van der Waals surface area contributed by atoms with Crippen LogP contribution in [0.15, 0.2) is 12.1 Å². The van der Waals surface area contributed by atoms with E-state index in [9.17, 15) is 4.79 Å². The molecule has 4 heteroatoms. The molecule has 4 rings (SSSR count). The average molecular weight is 272 g/mol. The predicted molar refractivity (Wildman–Crippen MR) is 76.0 cm³/mol. The average Bonchev–Trinajstić information content (AvgIpc) is 3.15.